The number of benzene rings is 1. The molecule has 0 unspecified atom stereocenters. The number of hydrogen-bond donors (Lipinski definition) is 0. The second-order valence-corrected chi connectivity index (χ2v) is 6.72. The first-order valence-electron chi connectivity index (χ1n) is 8.25. The number of nitrogens with zero attached hydrogens (tertiary/aromatic N) is 2. The molecule has 1 aromatic heterocycles. The Bertz CT molecular complexity index is 891. The number of rotatable bonds is 7. The molecule has 0 radical (unpaired) electrons. The van der Waals surface area contributed by atoms with E-state index >= 15 is 0 Å². The predicted octanol–water partition coefficient (Wildman–Crippen LogP) is 4.22. The molecule has 0 N–H and O–H groups in total. The van der Waals surface area contributed by atoms with E-state index in [-0.39, 0.29) is 5.56 Å². The van der Waals surface area contributed by atoms with Crippen molar-refractivity contribution in [3.63, 3.8) is 0 Å². The van der Waals surface area contributed by atoms with Gasteiger partial charge in [-0.05, 0) is 37.1 Å². The van der Waals surface area contributed by atoms with Crippen molar-refractivity contribution in [3.8, 4) is 0 Å². The largest absolute Gasteiger partial charge is 0.454 e. The van der Waals surface area contributed by atoms with Crippen LogP contribution in [0.2, 0.25) is 5.15 Å². The Kier molecular flexibility index (Phi) is 6.85. The zero-order chi connectivity index (χ0) is 20.1. The van der Waals surface area contributed by atoms with Crippen LogP contribution in [0.1, 0.15) is 35.5 Å². The first kappa shape index (κ1) is 20.8. The van der Waals surface area contributed by atoms with Gasteiger partial charge in [-0.1, -0.05) is 25.4 Å². The van der Waals surface area contributed by atoms with Gasteiger partial charge in [0.05, 0.1) is 5.69 Å². The SMILES string of the molecule is Cc1nn(CC(C)C)c(Cl)c1/C=C/C(=O)OCC(=O)c1ccc(F)c(F)c1. The Hall–Kier alpha value is -2.54. The highest BCUT2D eigenvalue weighted by molar-refractivity contribution is 6.31. The van der Waals surface area contributed by atoms with Gasteiger partial charge in [0, 0.05) is 23.7 Å². The maximum Gasteiger partial charge on any atom is 0.331 e. The van der Waals surface area contributed by atoms with Crippen LogP contribution in [0.25, 0.3) is 6.08 Å². The maximum absolute atomic E-state index is 13.1. The van der Waals surface area contributed by atoms with Crippen LogP contribution in [0.5, 0.6) is 0 Å². The summed E-state index contributed by atoms with van der Waals surface area (Å²) in [4.78, 5) is 23.7. The second kappa shape index (κ2) is 8.90. The Labute approximate surface area is 160 Å². The third-order valence-electron chi connectivity index (χ3n) is 3.62. The minimum absolute atomic E-state index is 0.0838. The standard InChI is InChI=1S/C19H19ClF2N2O3/c1-11(2)9-24-19(20)14(12(3)23-24)5-7-18(26)27-10-17(25)13-4-6-15(21)16(22)8-13/h4-8,11H,9-10H2,1-3H3/b7-5+. The highest BCUT2D eigenvalue weighted by Crippen LogP contribution is 2.22. The van der Waals surface area contributed by atoms with Crippen LogP contribution >= 0.6 is 11.6 Å². The lowest BCUT2D eigenvalue weighted by Crippen LogP contribution is -2.13. The molecule has 0 atom stereocenters. The van der Waals surface area contributed by atoms with E-state index in [1.165, 1.54) is 6.08 Å². The van der Waals surface area contributed by atoms with Gasteiger partial charge in [-0.3, -0.25) is 9.48 Å². The Morgan fingerprint density at radius 2 is 2.00 bits per heavy atom. The Balaban J connectivity index is 1.98. The summed E-state index contributed by atoms with van der Waals surface area (Å²) >= 11 is 6.27. The van der Waals surface area contributed by atoms with Gasteiger partial charge in [-0.25, -0.2) is 13.6 Å². The molecule has 0 fully saturated rings. The molecule has 0 saturated heterocycles. The van der Waals surface area contributed by atoms with Gasteiger partial charge in [0.25, 0.3) is 0 Å². The summed E-state index contributed by atoms with van der Waals surface area (Å²) < 4.78 is 32.5. The highest BCUT2D eigenvalue weighted by Gasteiger charge is 2.14. The minimum Gasteiger partial charge on any atom is -0.454 e. The van der Waals surface area contributed by atoms with E-state index in [4.69, 9.17) is 16.3 Å². The first-order valence-corrected chi connectivity index (χ1v) is 8.62. The lowest BCUT2D eigenvalue weighted by Gasteiger charge is -2.05. The van der Waals surface area contributed by atoms with E-state index in [0.717, 1.165) is 24.3 Å². The molecule has 1 heterocycles. The van der Waals surface area contributed by atoms with Crippen molar-refractivity contribution in [2.45, 2.75) is 27.3 Å². The van der Waals surface area contributed by atoms with Gasteiger partial charge >= 0.3 is 5.97 Å². The van der Waals surface area contributed by atoms with Crippen LogP contribution in [-0.2, 0) is 16.1 Å². The number of hydrogen-bond acceptors (Lipinski definition) is 4. The average Bonchev–Trinajstić information content (AvgIpc) is 2.86. The van der Waals surface area contributed by atoms with Crippen LogP contribution in [0.4, 0.5) is 8.78 Å². The van der Waals surface area contributed by atoms with Crippen molar-refractivity contribution in [1.82, 2.24) is 9.78 Å². The number of ketones is 1. The number of carbonyl (C=O) groups is 2. The number of Topliss-reactive ketones (excluding diaryl/α,β-unsaturated/α-hetero) is 1. The summed E-state index contributed by atoms with van der Waals surface area (Å²) in [6.07, 6.45) is 2.60. The number of esters is 1. The average molecular weight is 397 g/mol. The lowest BCUT2D eigenvalue weighted by atomic mass is 10.1. The molecule has 0 aliphatic heterocycles. The molecular formula is C19H19ClF2N2O3. The van der Waals surface area contributed by atoms with Crippen molar-refractivity contribution in [2.24, 2.45) is 5.92 Å². The molecule has 0 aliphatic rings. The van der Waals surface area contributed by atoms with Crippen molar-refractivity contribution in [1.29, 1.82) is 0 Å². The van der Waals surface area contributed by atoms with Crippen molar-refractivity contribution >= 4 is 29.4 Å². The Morgan fingerprint density at radius 3 is 2.63 bits per heavy atom. The third-order valence-corrected chi connectivity index (χ3v) is 4.02. The third kappa shape index (κ3) is 5.47. The zero-order valence-electron chi connectivity index (χ0n) is 15.1. The van der Waals surface area contributed by atoms with E-state index < -0.39 is 30.0 Å². The van der Waals surface area contributed by atoms with Gasteiger partial charge in [0.1, 0.15) is 5.15 Å². The summed E-state index contributed by atoms with van der Waals surface area (Å²) in [5.41, 5.74) is 1.16. The van der Waals surface area contributed by atoms with E-state index in [1.807, 2.05) is 13.8 Å². The number of aromatic nitrogens is 2. The molecule has 0 amide bonds. The fourth-order valence-electron chi connectivity index (χ4n) is 2.31. The van der Waals surface area contributed by atoms with Crippen molar-refractivity contribution in [3.05, 3.63) is 57.9 Å². The van der Waals surface area contributed by atoms with Gasteiger partial charge in [-0.2, -0.15) is 5.10 Å². The molecule has 144 valence electrons. The summed E-state index contributed by atoms with van der Waals surface area (Å²) in [5, 5.41) is 4.72. The van der Waals surface area contributed by atoms with E-state index in [1.54, 1.807) is 11.6 Å². The molecule has 0 bridgehead atoms. The summed E-state index contributed by atoms with van der Waals surface area (Å²) in [6.45, 7) is 5.88. The second-order valence-electron chi connectivity index (χ2n) is 6.36. The molecular weight excluding hydrogens is 378 g/mol. The number of aryl methyl sites for hydroxylation is 1. The molecule has 5 nitrogen and oxygen atoms in total. The fraction of sp³-hybridized carbons (Fsp3) is 0.316. The Morgan fingerprint density at radius 1 is 1.30 bits per heavy atom. The summed E-state index contributed by atoms with van der Waals surface area (Å²) in [7, 11) is 0. The number of halogens is 3. The molecule has 0 aliphatic carbocycles. The van der Waals surface area contributed by atoms with Crippen LogP contribution in [0.15, 0.2) is 24.3 Å². The van der Waals surface area contributed by atoms with Gasteiger partial charge in [-0.15, -0.1) is 0 Å². The molecule has 2 rings (SSSR count). The summed E-state index contributed by atoms with van der Waals surface area (Å²) in [5.74, 6) is -3.26. The van der Waals surface area contributed by atoms with E-state index in [2.05, 4.69) is 5.10 Å². The maximum atomic E-state index is 13.1. The molecule has 0 spiro atoms. The summed E-state index contributed by atoms with van der Waals surface area (Å²) in [6, 6.07) is 2.72. The van der Waals surface area contributed by atoms with Gasteiger partial charge < -0.3 is 4.74 Å². The lowest BCUT2D eigenvalue weighted by molar-refractivity contribution is -0.136. The predicted molar refractivity (Wildman–Crippen MR) is 97.5 cm³/mol. The van der Waals surface area contributed by atoms with Crippen LogP contribution in [-0.4, -0.2) is 28.1 Å². The van der Waals surface area contributed by atoms with Crippen molar-refractivity contribution in [2.75, 3.05) is 6.61 Å². The normalized spacial score (nSPS) is 11.4. The number of ether oxygens (including phenoxy) is 1. The van der Waals surface area contributed by atoms with E-state index in [9.17, 15) is 18.4 Å². The van der Waals surface area contributed by atoms with Crippen LogP contribution in [0, 0.1) is 24.5 Å². The molecule has 8 heteroatoms. The zero-order valence-corrected chi connectivity index (χ0v) is 15.9. The van der Waals surface area contributed by atoms with Gasteiger partial charge in [0.15, 0.2) is 24.0 Å². The monoisotopic (exact) mass is 396 g/mol. The van der Waals surface area contributed by atoms with Gasteiger partial charge in [0.2, 0.25) is 0 Å². The van der Waals surface area contributed by atoms with Crippen molar-refractivity contribution < 1.29 is 23.1 Å². The molecule has 0 saturated carbocycles. The fourth-order valence-corrected chi connectivity index (χ4v) is 2.62. The number of carbonyl (C=O) groups excluding carboxylic acids is 2. The quantitative estimate of drug-likeness (QED) is 0.399. The minimum atomic E-state index is -1.14. The molecule has 2 aromatic rings. The topological polar surface area (TPSA) is 61.2 Å². The van der Waals surface area contributed by atoms with Crippen LogP contribution < -0.4 is 0 Å². The molecule has 1 aromatic carbocycles. The highest BCUT2D eigenvalue weighted by atomic mass is 35.5. The van der Waals surface area contributed by atoms with Crippen LogP contribution in [0.3, 0.4) is 0 Å². The smallest absolute Gasteiger partial charge is 0.331 e. The van der Waals surface area contributed by atoms with E-state index in [0.29, 0.717) is 28.9 Å². The first-order chi connectivity index (χ1) is 12.7. The molecule has 27 heavy (non-hydrogen) atoms.